The molecule has 0 aromatic heterocycles. The predicted octanol–water partition coefficient (Wildman–Crippen LogP) is 2.96. The third kappa shape index (κ3) is 2.74. The van der Waals surface area contributed by atoms with E-state index in [2.05, 4.69) is 4.99 Å². The third-order valence-corrected chi connectivity index (χ3v) is 5.51. The summed E-state index contributed by atoms with van der Waals surface area (Å²) in [5.41, 5.74) is 3.75. The summed E-state index contributed by atoms with van der Waals surface area (Å²) in [5, 5.41) is 0. The number of benzene rings is 1. The van der Waals surface area contributed by atoms with Crippen LogP contribution in [0.2, 0.25) is 0 Å². The molecule has 0 saturated heterocycles. The summed E-state index contributed by atoms with van der Waals surface area (Å²) in [6.07, 6.45) is 13.7. The summed E-state index contributed by atoms with van der Waals surface area (Å²) in [4.78, 5) is 23.4. The fourth-order valence-corrected chi connectivity index (χ4v) is 3.83. The number of hydrogen-bond donors (Lipinski definition) is 1. The Bertz CT molecular complexity index is 1140. The smallest absolute Gasteiger partial charge is 0.260 e. The van der Waals surface area contributed by atoms with Crippen molar-refractivity contribution in [1.82, 2.24) is 4.90 Å². The van der Waals surface area contributed by atoms with Crippen molar-refractivity contribution in [3.05, 3.63) is 94.9 Å². The standard InChI is InChI=1S/C22H19FN5O/c23-18-7-2-1-6-17(18)22(29)27-11-8-16(9-12-27)21-26-20(15-4-3-5-15)19-14-25-10-13-28(19,21)24/h1-8,10,13-14H,9,11-12,24H2/q+1. The van der Waals surface area contributed by atoms with Gasteiger partial charge in [-0.2, -0.15) is 10.8 Å². The molecular formula is C22H19FN5O+. The zero-order valence-corrected chi connectivity index (χ0v) is 15.6. The lowest BCUT2D eigenvalue weighted by Crippen LogP contribution is -2.54. The number of amides is 1. The molecule has 6 nitrogen and oxygen atoms in total. The minimum Gasteiger partial charge on any atom is -0.334 e. The first-order chi connectivity index (χ1) is 14.1. The van der Waals surface area contributed by atoms with Gasteiger partial charge in [0.15, 0.2) is 0 Å². The fourth-order valence-electron chi connectivity index (χ4n) is 3.83. The van der Waals surface area contributed by atoms with Gasteiger partial charge in [0, 0.05) is 24.2 Å². The van der Waals surface area contributed by atoms with Crippen molar-refractivity contribution in [2.75, 3.05) is 13.1 Å². The summed E-state index contributed by atoms with van der Waals surface area (Å²) < 4.78 is 13.9. The molecule has 144 valence electrons. The first-order valence-electron chi connectivity index (χ1n) is 9.42. The highest BCUT2D eigenvalue weighted by atomic mass is 19.1. The van der Waals surface area contributed by atoms with Crippen LogP contribution in [0.15, 0.2) is 93.5 Å². The second-order valence-corrected chi connectivity index (χ2v) is 7.21. The summed E-state index contributed by atoms with van der Waals surface area (Å²) in [7, 11) is 0. The highest BCUT2D eigenvalue weighted by Crippen LogP contribution is 2.37. The molecule has 1 amide bonds. The van der Waals surface area contributed by atoms with Gasteiger partial charge in [0.25, 0.3) is 11.7 Å². The van der Waals surface area contributed by atoms with Crippen molar-refractivity contribution < 1.29 is 13.8 Å². The van der Waals surface area contributed by atoms with Gasteiger partial charge >= 0.3 is 0 Å². The van der Waals surface area contributed by atoms with Crippen LogP contribution in [0.4, 0.5) is 4.39 Å². The summed E-state index contributed by atoms with van der Waals surface area (Å²) in [6, 6.07) is 6.06. The maximum absolute atomic E-state index is 14.0. The number of fused-ring (bicyclic) bond motifs is 1. The Morgan fingerprint density at radius 3 is 2.79 bits per heavy atom. The molecule has 7 heteroatoms. The van der Waals surface area contributed by atoms with E-state index in [1.165, 1.54) is 12.1 Å². The molecule has 4 aliphatic rings. The second-order valence-electron chi connectivity index (χ2n) is 7.21. The summed E-state index contributed by atoms with van der Waals surface area (Å²) >= 11 is 0. The number of rotatable bonds is 3. The van der Waals surface area contributed by atoms with Gasteiger partial charge in [-0.3, -0.25) is 9.79 Å². The van der Waals surface area contributed by atoms with E-state index < -0.39 is 5.82 Å². The molecule has 3 aliphatic heterocycles. The lowest BCUT2D eigenvalue weighted by molar-refractivity contribution is -0.750. The molecule has 0 saturated carbocycles. The zero-order chi connectivity index (χ0) is 20.0. The molecule has 0 spiro atoms. The molecule has 1 aromatic rings. The number of allylic oxidation sites excluding steroid dienone is 4. The third-order valence-electron chi connectivity index (χ3n) is 5.51. The van der Waals surface area contributed by atoms with Crippen molar-refractivity contribution in [3.8, 4) is 0 Å². The maximum Gasteiger partial charge on any atom is 0.260 e. The lowest BCUT2D eigenvalue weighted by Gasteiger charge is -2.31. The van der Waals surface area contributed by atoms with E-state index in [4.69, 9.17) is 10.8 Å². The quantitative estimate of drug-likeness (QED) is 0.639. The maximum atomic E-state index is 14.0. The number of aliphatic imine (C=N–C) groups is 2. The van der Waals surface area contributed by atoms with E-state index in [-0.39, 0.29) is 16.1 Å². The number of carbonyl (C=O) groups excluding carboxylic acids is 1. The van der Waals surface area contributed by atoms with Crippen LogP contribution in [0.5, 0.6) is 0 Å². The van der Waals surface area contributed by atoms with Gasteiger partial charge in [-0.25, -0.2) is 4.39 Å². The topological polar surface area (TPSA) is 71.0 Å². The van der Waals surface area contributed by atoms with Gasteiger partial charge in [-0.15, -0.1) is 4.59 Å². The first kappa shape index (κ1) is 17.7. The Balaban J connectivity index is 1.42. The number of nitrogens with zero attached hydrogens (tertiary/aromatic N) is 4. The van der Waals surface area contributed by atoms with Gasteiger partial charge in [0.05, 0.1) is 18.0 Å². The number of carbonyl (C=O) groups is 1. The van der Waals surface area contributed by atoms with E-state index in [0.717, 1.165) is 28.4 Å². The van der Waals surface area contributed by atoms with Gasteiger partial charge in [-0.1, -0.05) is 36.4 Å². The molecule has 1 aliphatic carbocycles. The molecule has 5 rings (SSSR count). The zero-order valence-electron chi connectivity index (χ0n) is 15.6. The van der Waals surface area contributed by atoms with Gasteiger partial charge in [0.2, 0.25) is 5.70 Å². The highest BCUT2D eigenvalue weighted by Gasteiger charge is 2.46. The van der Waals surface area contributed by atoms with Crippen LogP contribution in [-0.2, 0) is 0 Å². The van der Waals surface area contributed by atoms with Crippen LogP contribution in [0, 0.1) is 5.82 Å². The highest BCUT2D eigenvalue weighted by molar-refractivity contribution is 6.01. The van der Waals surface area contributed by atoms with E-state index in [9.17, 15) is 9.18 Å². The Kier molecular flexibility index (Phi) is 4.01. The van der Waals surface area contributed by atoms with Gasteiger partial charge in [-0.05, 0) is 18.6 Å². The van der Waals surface area contributed by atoms with E-state index in [1.54, 1.807) is 29.4 Å². The fraction of sp³-hybridized carbons (Fsp3) is 0.136. The molecule has 1 atom stereocenters. The molecule has 1 unspecified atom stereocenters. The average molecular weight is 388 g/mol. The Hall–Kier alpha value is -3.42. The monoisotopic (exact) mass is 388 g/mol. The van der Waals surface area contributed by atoms with Crippen LogP contribution < -0.4 is 5.84 Å². The van der Waals surface area contributed by atoms with E-state index >= 15 is 0 Å². The predicted molar refractivity (Wildman–Crippen MR) is 109 cm³/mol. The molecular weight excluding hydrogens is 369 g/mol. The van der Waals surface area contributed by atoms with Crippen LogP contribution in [-0.4, -0.2) is 40.5 Å². The molecule has 1 aromatic carbocycles. The van der Waals surface area contributed by atoms with Crippen molar-refractivity contribution in [1.29, 1.82) is 0 Å². The number of hydrogen-bond acceptors (Lipinski definition) is 4. The van der Waals surface area contributed by atoms with E-state index in [0.29, 0.717) is 19.5 Å². The van der Waals surface area contributed by atoms with Crippen molar-refractivity contribution in [2.24, 2.45) is 15.8 Å². The Labute approximate surface area is 167 Å². The lowest BCUT2D eigenvalue weighted by atomic mass is 10.0. The van der Waals surface area contributed by atoms with Crippen molar-refractivity contribution in [2.45, 2.75) is 6.42 Å². The largest absolute Gasteiger partial charge is 0.334 e. The molecule has 3 heterocycles. The number of amidine groups is 1. The van der Waals surface area contributed by atoms with Crippen LogP contribution in [0.1, 0.15) is 16.8 Å². The minimum absolute atomic E-state index is 0.0306. The van der Waals surface area contributed by atoms with Crippen molar-refractivity contribution >= 4 is 18.0 Å². The minimum atomic E-state index is -0.503. The Morgan fingerprint density at radius 1 is 1.28 bits per heavy atom. The van der Waals surface area contributed by atoms with Crippen LogP contribution in [0.3, 0.4) is 0 Å². The molecule has 2 N–H and O–H groups in total. The number of nitrogens with two attached hydrogens (primary N) is 1. The van der Waals surface area contributed by atoms with Crippen LogP contribution >= 0.6 is 0 Å². The first-order valence-corrected chi connectivity index (χ1v) is 9.42. The molecule has 0 bridgehead atoms. The molecule has 29 heavy (non-hydrogen) atoms. The number of quaternary nitrogens is 1. The van der Waals surface area contributed by atoms with Crippen molar-refractivity contribution in [3.63, 3.8) is 0 Å². The summed E-state index contributed by atoms with van der Waals surface area (Å²) in [6.45, 7) is 0.857. The second kappa shape index (κ2) is 6.58. The SMILES string of the molecule is N[N+]12C=CN=CC1=C(C1=CC=C1)N=C2C1=CCN(C(=O)c2ccccc2F)CC1. The van der Waals surface area contributed by atoms with Gasteiger partial charge in [0.1, 0.15) is 17.7 Å². The van der Waals surface area contributed by atoms with Crippen LogP contribution in [0.25, 0.3) is 0 Å². The normalized spacial score (nSPS) is 24.8. The van der Waals surface area contributed by atoms with E-state index in [1.807, 2.05) is 30.5 Å². The van der Waals surface area contributed by atoms with Gasteiger partial charge < -0.3 is 4.90 Å². The Morgan fingerprint density at radius 2 is 2.10 bits per heavy atom. The molecule has 0 radical (unpaired) electrons. The average Bonchev–Trinajstić information content (AvgIpc) is 2.99. The summed E-state index contributed by atoms with van der Waals surface area (Å²) in [5.74, 6) is 6.62. The number of halogens is 1. The molecule has 0 fully saturated rings.